The fraction of sp³-hybridized carbons (Fsp3) is 0.294. The number of hydrogen-bond acceptors (Lipinski definition) is 3. The Bertz CT molecular complexity index is 857. The predicted octanol–water partition coefficient (Wildman–Crippen LogP) is 4.19. The molecule has 0 unspecified atom stereocenters. The van der Waals surface area contributed by atoms with E-state index < -0.39 is 12.7 Å². The van der Waals surface area contributed by atoms with Crippen molar-refractivity contribution in [2.45, 2.75) is 33.2 Å². The Morgan fingerprint density at radius 3 is 2.50 bits per heavy atom. The molecule has 2 aromatic heterocycles. The molecule has 0 aliphatic heterocycles. The van der Waals surface area contributed by atoms with Gasteiger partial charge in [-0.3, -0.25) is 0 Å². The number of benzene rings is 1. The maximum atomic E-state index is 12.9. The Hall–Kier alpha value is -2.57. The quantitative estimate of drug-likeness (QED) is 0.718. The van der Waals surface area contributed by atoms with E-state index in [1.54, 1.807) is 13.8 Å². The minimum atomic E-state index is -4.33. The van der Waals surface area contributed by atoms with Crippen LogP contribution in [0.3, 0.4) is 0 Å². The maximum Gasteiger partial charge on any atom is 0.406 e. The zero-order valence-electron chi connectivity index (χ0n) is 13.3. The van der Waals surface area contributed by atoms with Crippen molar-refractivity contribution in [2.24, 2.45) is 0 Å². The summed E-state index contributed by atoms with van der Waals surface area (Å²) in [6.07, 6.45) is -2.86. The monoisotopic (exact) mass is 335 g/mol. The molecule has 0 spiro atoms. The van der Waals surface area contributed by atoms with Crippen molar-refractivity contribution in [1.29, 1.82) is 0 Å². The number of aromatic nitrogens is 3. The van der Waals surface area contributed by atoms with Gasteiger partial charge in [-0.15, -0.1) is 5.10 Å². The summed E-state index contributed by atoms with van der Waals surface area (Å²) in [5.74, 6) is 0.108. The minimum absolute atomic E-state index is 0.108. The van der Waals surface area contributed by atoms with E-state index in [1.165, 1.54) is 10.8 Å². The van der Waals surface area contributed by atoms with E-state index in [4.69, 9.17) is 4.74 Å². The fourth-order valence-electron chi connectivity index (χ4n) is 2.66. The third-order valence-corrected chi connectivity index (χ3v) is 3.97. The van der Waals surface area contributed by atoms with E-state index in [2.05, 4.69) is 10.2 Å². The molecule has 3 aromatic rings. The summed E-state index contributed by atoms with van der Waals surface area (Å²) in [5.41, 5.74) is 2.50. The molecule has 0 saturated carbocycles. The van der Waals surface area contributed by atoms with Crippen LogP contribution in [0.5, 0.6) is 5.88 Å². The average molecular weight is 335 g/mol. The molecule has 0 fully saturated rings. The lowest BCUT2D eigenvalue weighted by atomic mass is 10.2. The summed E-state index contributed by atoms with van der Waals surface area (Å²) >= 11 is 0. The van der Waals surface area contributed by atoms with Crippen molar-refractivity contribution in [1.82, 2.24) is 14.8 Å². The molecule has 2 heterocycles. The Labute approximate surface area is 136 Å². The van der Waals surface area contributed by atoms with E-state index in [9.17, 15) is 13.2 Å². The lowest BCUT2D eigenvalue weighted by Gasteiger charge is -2.13. The zero-order chi connectivity index (χ0) is 17.3. The molecule has 24 heavy (non-hydrogen) atoms. The molecule has 3 rings (SSSR count). The van der Waals surface area contributed by atoms with Crippen LogP contribution in [0.2, 0.25) is 0 Å². The molecule has 7 heteroatoms. The van der Waals surface area contributed by atoms with Crippen LogP contribution >= 0.6 is 0 Å². The molecule has 4 nitrogen and oxygen atoms in total. The Morgan fingerprint density at radius 1 is 1.12 bits per heavy atom. The highest BCUT2D eigenvalue weighted by Crippen LogP contribution is 2.32. The highest BCUT2D eigenvalue weighted by Gasteiger charge is 2.31. The lowest BCUT2D eigenvalue weighted by molar-refractivity contribution is -0.140. The molecule has 1 aromatic carbocycles. The number of rotatable bonds is 4. The molecule has 0 saturated heterocycles. The van der Waals surface area contributed by atoms with Crippen LogP contribution in [0, 0.1) is 13.8 Å². The summed E-state index contributed by atoms with van der Waals surface area (Å²) < 4.78 is 45.7. The van der Waals surface area contributed by atoms with Gasteiger partial charge in [-0.1, -0.05) is 30.3 Å². The van der Waals surface area contributed by atoms with Crippen molar-refractivity contribution in [3.05, 3.63) is 53.3 Å². The summed E-state index contributed by atoms with van der Waals surface area (Å²) in [4.78, 5) is 0. The second kappa shape index (κ2) is 6.14. The highest BCUT2D eigenvalue weighted by atomic mass is 19.4. The van der Waals surface area contributed by atoms with Gasteiger partial charge in [-0.25, -0.2) is 0 Å². The van der Waals surface area contributed by atoms with Gasteiger partial charge in [0.05, 0.1) is 6.20 Å². The second-order valence-electron chi connectivity index (χ2n) is 5.60. The fourth-order valence-corrected chi connectivity index (χ4v) is 2.66. The van der Waals surface area contributed by atoms with Gasteiger partial charge < -0.3 is 9.30 Å². The molecule has 0 aliphatic carbocycles. The van der Waals surface area contributed by atoms with Crippen molar-refractivity contribution in [3.63, 3.8) is 0 Å². The summed E-state index contributed by atoms with van der Waals surface area (Å²) in [5, 5.41) is 8.39. The zero-order valence-corrected chi connectivity index (χ0v) is 13.3. The van der Waals surface area contributed by atoms with Gasteiger partial charge in [0.15, 0.2) is 0 Å². The largest absolute Gasteiger partial charge is 0.470 e. The minimum Gasteiger partial charge on any atom is -0.470 e. The van der Waals surface area contributed by atoms with Crippen molar-refractivity contribution in [3.8, 4) is 5.88 Å². The van der Waals surface area contributed by atoms with Crippen LogP contribution in [-0.2, 0) is 13.2 Å². The van der Waals surface area contributed by atoms with E-state index >= 15 is 0 Å². The van der Waals surface area contributed by atoms with Crippen LogP contribution < -0.4 is 4.74 Å². The molecule has 0 atom stereocenters. The van der Waals surface area contributed by atoms with Crippen molar-refractivity contribution < 1.29 is 17.9 Å². The summed E-state index contributed by atoms with van der Waals surface area (Å²) in [6.45, 7) is 2.55. The van der Waals surface area contributed by atoms with E-state index in [0.29, 0.717) is 16.6 Å². The summed E-state index contributed by atoms with van der Waals surface area (Å²) in [6, 6.07) is 9.36. The SMILES string of the molecule is Cc1c(C)n(CC(F)(F)F)c2c(OCc3ccccc3)nncc12. The molecule has 0 amide bonds. The van der Waals surface area contributed by atoms with Gasteiger partial charge in [-0.2, -0.15) is 18.3 Å². The van der Waals surface area contributed by atoms with Crippen molar-refractivity contribution >= 4 is 10.9 Å². The Kier molecular flexibility index (Phi) is 4.17. The van der Waals surface area contributed by atoms with E-state index in [1.807, 2.05) is 30.3 Å². The van der Waals surface area contributed by atoms with Crippen molar-refractivity contribution in [2.75, 3.05) is 0 Å². The van der Waals surface area contributed by atoms with Crippen LogP contribution in [-0.4, -0.2) is 20.9 Å². The van der Waals surface area contributed by atoms with Gasteiger partial charge in [0.2, 0.25) is 0 Å². The number of aryl methyl sites for hydroxylation is 1. The maximum absolute atomic E-state index is 12.9. The first kappa shape index (κ1) is 16.3. The number of nitrogens with zero attached hydrogens (tertiary/aromatic N) is 3. The third-order valence-electron chi connectivity index (χ3n) is 3.97. The number of ether oxygens (including phenoxy) is 1. The van der Waals surface area contributed by atoms with Gasteiger partial charge in [0, 0.05) is 11.1 Å². The van der Waals surface area contributed by atoms with Gasteiger partial charge in [0.1, 0.15) is 18.7 Å². The first-order valence-electron chi connectivity index (χ1n) is 7.41. The van der Waals surface area contributed by atoms with E-state index in [0.717, 1.165) is 11.1 Å². The van der Waals surface area contributed by atoms with Gasteiger partial charge in [-0.05, 0) is 25.0 Å². The standard InChI is InChI=1S/C17H16F3N3O/c1-11-12(2)23(10-17(18,19)20)15-14(11)8-21-22-16(15)24-9-13-6-4-3-5-7-13/h3-8H,9-10H2,1-2H3. The topological polar surface area (TPSA) is 39.9 Å². The van der Waals surface area contributed by atoms with Crippen LogP contribution in [0.4, 0.5) is 13.2 Å². The Balaban J connectivity index is 2.03. The molecule has 0 bridgehead atoms. The molecule has 0 aliphatic rings. The average Bonchev–Trinajstić information content (AvgIpc) is 2.78. The number of alkyl halides is 3. The first-order valence-corrected chi connectivity index (χ1v) is 7.41. The molecule has 126 valence electrons. The van der Waals surface area contributed by atoms with Crippen LogP contribution in [0.25, 0.3) is 10.9 Å². The lowest BCUT2D eigenvalue weighted by Crippen LogP contribution is -2.19. The molecular formula is C17H16F3N3O. The molecular weight excluding hydrogens is 319 g/mol. The summed E-state index contributed by atoms with van der Waals surface area (Å²) in [7, 11) is 0. The predicted molar refractivity (Wildman–Crippen MR) is 83.8 cm³/mol. The second-order valence-corrected chi connectivity index (χ2v) is 5.60. The Morgan fingerprint density at radius 2 is 1.83 bits per heavy atom. The smallest absolute Gasteiger partial charge is 0.406 e. The van der Waals surface area contributed by atoms with Gasteiger partial charge >= 0.3 is 6.18 Å². The number of hydrogen-bond donors (Lipinski definition) is 0. The first-order chi connectivity index (χ1) is 11.4. The molecule has 0 radical (unpaired) electrons. The number of halogens is 3. The molecule has 0 N–H and O–H groups in total. The third kappa shape index (κ3) is 3.20. The normalized spacial score (nSPS) is 11.9. The van der Waals surface area contributed by atoms with Gasteiger partial charge in [0.25, 0.3) is 5.88 Å². The van der Waals surface area contributed by atoms with Crippen LogP contribution in [0.15, 0.2) is 36.5 Å². The van der Waals surface area contributed by atoms with Crippen LogP contribution in [0.1, 0.15) is 16.8 Å². The van der Waals surface area contributed by atoms with E-state index in [-0.39, 0.29) is 12.5 Å². The highest BCUT2D eigenvalue weighted by molar-refractivity contribution is 5.88. The number of fused-ring (bicyclic) bond motifs is 1.